The highest BCUT2D eigenvalue weighted by atomic mass is 16.2. The van der Waals surface area contributed by atoms with Gasteiger partial charge in [-0.1, -0.05) is 0 Å². The first-order valence-corrected chi connectivity index (χ1v) is 4.19. The first kappa shape index (κ1) is 9.50. The summed E-state index contributed by atoms with van der Waals surface area (Å²) in [5, 5.41) is 8.75. The maximum Gasteiger partial charge on any atom is 0.324 e. The Kier molecular flexibility index (Phi) is 3.24. The molecule has 0 bridgehead atoms. The number of carbonyl (C=O) groups excluding carboxylic acids is 1. The molecule has 72 valence electrons. The number of aromatic amines is 1. The van der Waals surface area contributed by atoms with Crippen LogP contribution in [0.4, 0.5) is 10.7 Å². The third-order valence-corrected chi connectivity index (χ3v) is 1.69. The van der Waals surface area contributed by atoms with Crippen molar-refractivity contribution in [1.29, 1.82) is 0 Å². The van der Waals surface area contributed by atoms with Crippen LogP contribution < -0.4 is 5.32 Å². The zero-order valence-corrected chi connectivity index (χ0v) is 7.74. The summed E-state index contributed by atoms with van der Waals surface area (Å²) in [6.07, 6.45) is 1.35. The number of aromatic nitrogens is 3. The molecule has 0 atom stereocenters. The molecule has 6 heteroatoms. The molecule has 1 heterocycles. The van der Waals surface area contributed by atoms with Crippen molar-refractivity contribution in [2.45, 2.75) is 13.8 Å². The lowest BCUT2D eigenvalue weighted by Gasteiger charge is -2.17. The van der Waals surface area contributed by atoms with Crippen LogP contribution in [0.25, 0.3) is 0 Å². The topological polar surface area (TPSA) is 73.9 Å². The van der Waals surface area contributed by atoms with Gasteiger partial charge < -0.3 is 4.90 Å². The summed E-state index contributed by atoms with van der Waals surface area (Å²) in [5.41, 5.74) is 0. The largest absolute Gasteiger partial charge is 0.325 e. The molecule has 0 fully saturated rings. The van der Waals surface area contributed by atoms with E-state index < -0.39 is 0 Å². The molecule has 2 amide bonds. The van der Waals surface area contributed by atoms with Crippen molar-refractivity contribution >= 4 is 12.0 Å². The number of carbonyl (C=O) groups is 1. The molecule has 0 radical (unpaired) electrons. The molecule has 13 heavy (non-hydrogen) atoms. The molecule has 1 rings (SSSR count). The zero-order chi connectivity index (χ0) is 9.68. The quantitative estimate of drug-likeness (QED) is 0.723. The molecule has 0 aliphatic rings. The van der Waals surface area contributed by atoms with Gasteiger partial charge in [0.15, 0.2) is 0 Å². The number of hydrogen-bond donors (Lipinski definition) is 2. The van der Waals surface area contributed by atoms with E-state index in [1.54, 1.807) is 4.90 Å². The van der Waals surface area contributed by atoms with Crippen LogP contribution in [0.15, 0.2) is 6.33 Å². The fourth-order valence-electron chi connectivity index (χ4n) is 0.957. The van der Waals surface area contributed by atoms with Gasteiger partial charge in [0.05, 0.1) is 0 Å². The summed E-state index contributed by atoms with van der Waals surface area (Å²) in [6.45, 7) is 5.19. The van der Waals surface area contributed by atoms with Gasteiger partial charge in [0.25, 0.3) is 0 Å². The van der Waals surface area contributed by atoms with Gasteiger partial charge >= 0.3 is 6.03 Å². The van der Waals surface area contributed by atoms with Crippen molar-refractivity contribution in [3.8, 4) is 0 Å². The SMILES string of the molecule is CCN(CC)C(=O)Nc1ncn[nH]1. The second-order valence-electron chi connectivity index (χ2n) is 2.44. The molecular weight excluding hydrogens is 170 g/mol. The summed E-state index contributed by atoms with van der Waals surface area (Å²) < 4.78 is 0. The summed E-state index contributed by atoms with van der Waals surface area (Å²) in [6, 6.07) is -0.165. The van der Waals surface area contributed by atoms with E-state index in [0.717, 1.165) is 0 Å². The van der Waals surface area contributed by atoms with E-state index in [4.69, 9.17) is 0 Å². The number of nitrogens with one attached hydrogen (secondary N) is 2. The first-order chi connectivity index (χ1) is 6.27. The van der Waals surface area contributed by atoms with Crippen molar-refractivity contribution in [3.05, 3.63) is 6.33 Å². The Morgan fingerprint density at radius 1 is 1.62 bits per heavy atom. The Morgan fingerprint density at radius 2 is 2.31 bits per heavy atom. The normalized spacial score (nSPS) is 9.69. The average molecular weight is 183 g/mol. The smallest absolute Gasteiger partial charge is 0.324 e. The second kappa shape index (κ2) is 4.44. The van der Waals surface area contributed by atoms with Crippen LogP contribution in [0.3, 0.4) is 0 Å². The molecule has 0 saturated heterocycles. The predicted molar refractivity (Wildman–Crippen MR) is 48.3 cm³/mol. The van der Waals surface area contributed by atoms with E-state index in [9.17, 15) is 4.79 Å². The van der Waals surface area contributed by atoms with E-state index in [2.05, 4.69) is 20.5 Å². The van der Waals surface area contributed by atoms with Crippen molar-refractivity contribution in [2.75, 3.05) is 18.4 Å². The lowest BCUT2D eigenvalue weighted by atomic mass is 10.5. The molecule has 2 N–H and O–H groups in total. The maximum absolute atomic E-state index is 11.4. The molecule has 0 aliphatic heterocycles. The monoisotopic (exact) mass is 183 g/mol. The minimum absolute atomic E-state index is 0.165. The molecule has 0 aromatic carbocycles. The lowest BCUT2D eigenvalue weighted by molar-refractivity contribution is 0.217. The summed E-state index contributed by atoms with van der Waals surface area (Å²) >= 11 is 0. The van der Waals surface area contributed by atoms with E-state index in [1.807, 2.05) is 13.8 Å². The number of H-pyrrole nitrogens is 1. The number of urea groups is 1. The molecule has 0 saturated carbocycles. The highest BCUT2D eigenvalue weighted by molar-refractivity contribution is 5.87. The van der Waals surface area contributed by atoms with E-state index in [0.29, 0.717) is 19.0 Å². The van der Waals surface area contributed by atoms with Gasteiger partial charge in [-0.05, 0) is 13.8 Å². The molecule has 0 unspecified atom stereocenters. The van der Waals surface area contributed by atoms with E-state index >= 15 is 0 Å². The summed E-state index contributed by atoms with van der Waals surface area (Å²) in [7, 11) is 0. The number of nitrogens with zero attached hydrogens (tertiary/aromatic N) is 3. The minimum atomic E-state index is -0.165. The third kappa shape index (κ3) is 2.43. The predicted octanol–water partition coefficient (Wildman–Crippen LogP) is 0.678. The molecule has 1 aromatic rings. The zero-order valence-electron chi connectivity index (χ0n) is 7.74. The fraction of sp³-hybridized carbons (Fsp3) is 0.571. The Morgan fingerprint density at radius 3 is 2.77 bits per heavy atom. The third-order valence-electron chi connectivity index (χ3n) is 1.69. The van der Waals surface area contributed by atoms with Gasteiger partial charge in [-0.15, -0.1) is 0 Å². The fourth-order valence-corrected chi connectivity index (χ4v) is 0.957. The van der Waals surface area contributed by atoms with Crippen LogP contribution in [0, 0.1) is 0 Å². The summed E-state index contributed by atoms with van der Waals surface area (Å²) in [5.74, 6) is 0.372. The first-order valence-electron chi connectivity index (χ1n) is 4.19. The Hall–Kier alpha value is -1.59. The van der Waals surface area contributed by atoms with Crippen LogP contribution in [-0.4, -0.2) is 39.2 Å². The van der Waals surface area contributed by atoms with Crippen LogP contribution in [-0.2, 0) is 0 Å². The Labute approximate surface area is 76.3 Å². The van der Waals surface area contributed by atoms with Crippen molar-refractivity contribution in [1.82, 2.24) is 20.1 Å². The van der Waals surface area contributed by atoms with Gasteiger partial charge in [0, 0.05) is 13.1 Å². The standard InChI is InChI=1S/C7H13N5O/c1-3-12(4-2)7(13)10-6-8-5-9-11-6/h5H,3-4H2,1-2H3,(H2,8,9,10,11,13). The van der Waals surface area contributed by atoms with Crippen LogP contribution >= 0.6 is 0 Å². The number of anilines is 1. The average Bonchev–Trinajstić information content (AvgIpc) is 2.59. The molecule has 6 nitrogen and oxygen atoms in total. The lowest BCUT2D eigenvalue weighted by Crippen LogP contribution is -2.34. The maximum atomic E-state index is 11.4. The highest BCUT2D eigenvalue weighted by Crippen LogP contribution is 1.96. The number of hydrogen-bond acceptors (Lipinski definition) is 3. The minimum Gasteiger partial charge on any atom is -0.325 e. The molecule has 0 spiro atoms. The van der Waals surface area contributed by atoms with E-state index in [1.165, 1.54) is 6.33 Å². The van der Waals surface area contributed by atoms with E-state index in [-0.39, 0.29) is 6.03 Å². The molecular formula is C7H13N5O. The molecule has 0 aliphatic carbocycles. The van der Waals surface area contributed by atoms with Crippen LogP contribution in [0.2, 0.25) is 0 Å². The van der Waals surface area contributed by atoms with Crippen LogP contribution in [0.5, 0.6) is 0 Å². The van der Waals surface area contributed by atoms with Gasteiger partial charge in [0.2, 0.25) is 5.95 Å². The van der Waals surface area contributed by atoms with Gasteiger partial charge in [-0.2, -0.15) is 10.1 Å². The Balaban J connectivity index is 2.49. The summed E-state index contributed by atoms with van der Waals surface area (Å²) in [4.78, 5) is 16.8. The van der Waals surface area contributed by atoms with Crippen LogP contribution in [0.1, 0.15) is 13.8 Å². The van der Waals surface area contributed by atoms with Gasteiger partial charge in [-0.25, -0.2) is 9.89 Å². The van der Waals surface area contributed by atoms with Crippen molar-refractivity contribution in [3.63, 3.8) is 0 Å². The highest BCUT2D eigenvalue weighted by Gasteiger charge is 2.09. The number of amides is 2. The second-order valence-corrected chi connectivity index (χ2v) is 2.44. The van der Waals surface area contributed by atoms with Gasteiger partial charge in [-0.3, -0.25) is 5.32 Å². The number of rotatable bonds is 3. The van der Waals surface area contributed by atoms with Crippen molar-refractivity contribution in [2.24, 2.45) is 0 Å². The van der Waals surface area contributed by atoms with Crippen molar-refractivity contribution < 1.29 is 4.79 Å². The Bertz CT molecular complexity index is 254. The molecule has 1 aromatic heterocycles. The van der Waals surface area contributed by atoms with Gasteiger partial charge in [0.1, 0.15) is 6.33 Å².